The smallest absolute Gasteiger partial charge is 0.260 e. The molecule has 1 aliphatic heterocycles. The Kier molecular flexibility index (Phi) is 3.53. The molecule has 0 bridgehead atoms. The highest BCUT2D eigenvalue weighted by atomic mass is 35.5. The van der Waals surface area contributed by atoms with Gasteiger partial charge in [0.15, 0.2) is 11.5 Å². The van der Waals surface area contributed by atoms with Crippen LogP contribution in [-0.4, -0.2) is 15.8 Å². The first-order valence-corrected chi connectivity index (χ1v) is 8.49. The monoisotopic (exact) mass is 343 g/mol. The molecule has 2 aromatic rings. The predicted octanol–water partition coefficient (Wildman–Crippen LogP) is 4.84. The van der Waals surface area contributed by atoms with Crippen molar-refractivity contribution in [2.75, 3.05) is 0 Å². The van der Waals surface area contributed by atoms with Crippen molar-refractivity contribution >= 4 is 16.8 Å². The highest BCUT2D eigenvalue weighted by molar-refractivity contribution is 6.68. The summed E-state index contributed by atoms with van der Waals surface area (Å²) in [5.74, 6) is 2.08. The number of hydrogen-bond acceptors (Lipinski definition) is 4. The fourth-order valence-electron chi connectivity index (χ4n) is 3.11. The van der Waals surface area contributed by atoms with Crippen molar-refractivity contribution in [3.8, 4) is 17.2 Å². The molecule has 2 heterocycles. The van der Waals surface area contributed by atoms with Gasteiger partial charge in [-0.05, 0) is 61.9 Å². The van der Waals surface area contributed by atoms with E-state index in [1.807, 2.05) is 32.0 Å². The van der Waals surface area contributed by atoms with Gasteiger partial charge in [0.25, 0.3) is 5.24 Å². The predicted molar refractivity (Wildman–Crippen MR) is 91.3 cm³/mol. The average Bonchev–Trinajstić information content (AvgIpc) is 3.30. The van der Waals surface area contributed by atoms with E-state index in [1.54, 1.807) is 6.20 Å². The van der Waals surface area contributed by atoms with Crippen molar-refractivity contribution in [3.63, 3.8) is 0 Å². The van der Waals surface area contributed by atoms with Gasteiger partial charge in [-0.1, -0.05) is 12.1 Å². The number of rotatable bonds is 4. The average molecular weight is 344 g/mol. The number of benzene rings is 1. The quantitative estimate of drug-likeness (QED) is 0.745. The van der Waals surface area contributed by atoms with Gasteiger partial charge in [0.1, 0.15) is 16.9 Å². The minimum atomic E-state index is -0.598. The summed E-state index contributed by atoms with van der Waals surface area (Å²) in [7, 11) is 0. The van der Waals surface area contributed by atoms with Crippen molar-refractivity contribution in [3.05, 3.63) is 47.3 Å². The Morgan fingerprint density at radius 3 is 2.88 bits per heavy atom. The molecule has 0 atom stereocenters. The minimum absolute atomic E-state index is 0.254. The zero-order valence-electron chi connectivity index (χ0n) is 13.6. The first kappa shape index (κ1) is 15.5. The molecule has 2 aliphatic rings. The topological polar surface area (TPSA) is 48.4 Å². The summed E-state index contributed by atoms with van der Waals surface area (Å²) < 4.78 is 11.8. The maximum Gasteiger partial charge on any atom is 0.260 e. The molecular formula is C19H18ClNO3. The normalized spacial score (nSPS) is 18.0. The SMILES string of the molecule is CC1(C)Cc2ncc(Oc3cccc(C4CC4)c3)c(C(=O)Cl)c2O1. The van der Waals surface area contributed by atoms with Gasteiger partial charge in [-0.25, -0.2) is 0 Å². The molecule has 0 unspecified atom stereocenters. The van der Waals surface area contributed by atoms with Gasteiger partial charge in [-0.15, -0.1) is 0 Å². The highest BCUT2D eigenvalue weighted by Gasteiger charge is 2.36. The molecule has 4 nitrogen and oxygen atoms in total. The van der Waals surface area contributed by atoms with E-state index in [9.17, 15) is 4.79 Å². The second-order valence-electron chi connectivity index (χ2n) is 7.03. The van der Waals surface area contributed by atoms with Crippen LogP contribution >= 0.6 is 11.6 Å². The summed E-state index contributed by atoms with van der Waals surface area (Å²) in [6.45, 7) is 3.91. The molecule has 1 aliphatic carbocycles. The van der Waals surface area contributed by atoms with E-state index in [0.29, 0.717) is 29.6 Å². The van der Waals surface area contributed by atoms with Crippen molar-refractivity contribution in [1.29, 1.82) is 0 Å². The Balaban J connectivity index is 1.71. The van der Waals surface area contributed by atoms with Crippen LogP contribution in [0.15, 0.2) is 30.5 Å². The Morgan fingerprint density at radius 2 is 2.17 bits per heavy atom. The molecule has 0 radical (unpaired) electrons. The standard InChI is InChI=1S/C19H18ClNO3/c1-19(2)9-14-17(24-19)16(18(20)22)15(10-21-14)23-13-5-3-4-12(8-13)11-6-7-11/h3-5,8,10-11H,6-7,9H2,1-2H3. The Hall–Kier alpha value is -2.07. The summed E-state index contributed by atoms with van der Waals surface area (Å²) >= 11 is 5.82. The maximum atomic E-state index is 12.0. The molecule has 0 spiro atoms. The van der Waals surface area contributed by atoms with Crippen LogP contribution in [0.1, 0.15) is 54.2 Å². The first-order chi connectivity index (χ1) is 11.4. The molecule has 24 heavy (non-hydrogen) atoms. The first-order valence-electron chi connectivity index (χ1n) is 8.11. The van der Waals surface area contributed by atoms with E-state index in [2.05, 4.69) is 11.1 Å². The highest BCUT2D eigenvalue weighted by Crippen LogP contribution is 2.44. The van der Waals surface area contributed by atoms with E-state index in [-0.39, 0.29) is 5.56 Å². The van der Waals surface area contributed by atoms with E-state index >= 15 is 0 Å². The van der Waals surface area contributed by atoms with Crippen molar-refractivity contribution in [2.45, 2.75) is 44.6 Å². The lowest BCUT2D eigenvalue weighted by Crippen LogP contribution is -2.25. The van der Waals surface area contributed by atoms with Gasteiger partial charge in [0.2, 0.25) is 0 Å². The van der Waals surface area contributed by atoms with Crippen LogP contribution in [-0.2, 0) is 6.42 Å². The number of carbonyl (C=O) groups excluding carboxylic acids is 1. The molecule has 0 amide bonds. The lowest BCUT2D eigenvalue weighted by Gasteiger charge is -2.18. The van der Waals surface area contributed by atoms with E-state index in [4.69, 9.17) is 21.1 Å². The summed E-state index contributed by atoms with van der Waals surface area (Å²) in [4.78, 5) is 16.4. The number of fused-ring (bicyclic) bond motifs is 1. The van der Waals surface area contributed by atoms with Crippen LogP contribution < -0.4 is 9.47 Å². The fraction of sp³-hybridized carbons (Fsp3) is 0.368. The second-order valence-corrected chi connectivity index (χ2v) is 7.38. The van der Waals surface area contributed by atoms with Gasteiger partial charge in [0.05, 0.1) is 11.9 Å². The number of carbonyl (C=O) groups is 1. The van der Waals surface area contributed by atoms with E-state index in [1.165, 1.54) is 18.4 Å². The fourth-order valence-corrected chi connectivity index (χ4v) is 3.29. The molecule has 4 rings (SSSR count). The summed E-state index contributed by atoms with van der Waals surface area (Å²) in [6, 6.07) is 7.95. The molecule has 1 fully saturated rings. The molecule has 1 aromatic heterocycles. The number of aromatic nitrogens is 1. The van der Waals surface area contributed by atoms with Crippen LogP contribution in [0.25, 0.3) is 0 Å². The van der Waals surface area contributed by atoms with Gasteiger partial charge < -0.3 is 9.47 Å². The number of nitrogens with zero attached hydrogens (tertiary/aromatic N) is 1. The minimum Gasteiger partial charge on any atom is -0.485 e. The van der Waals surface area contributed by atoms with Crippen LogP contribution in [0.3, 0.4) is 0 Å². The van der Waals surface area contributed by atoms with E-state index in [0.717, 1.165) is 5.69 Å². The molecular weight excluding hydrogens is 326 g/mol. The number of pyridine rings is 1. The Labute approximate surface area is 145 Å². The summed E-state index contributed by atoms with van der Waals surface area (Å²) in [6.07, 6.45) is 4.64. The lowest BCUT2D eigenvalue weighted by atomic mass is 10.0. The zero-order valence-corrected chi connectivity index (χ0v) is 14.4. The number of halogens is 1. The molecule has 1 aromatic carbocycles. The van der Waals surface area contributed by atoms with Crippen LogP contribution in [0, 0.1) is 0 Å². The molecule has 5 heteroatoms. The molecule has 0 N–H and O–H groups in total. The molecule has 0 saturated heterocycles. The van der Waals surface area contributed by atoms with E-state index < -0.39 is 10.8 Å². The van der Waals surface area contributed by atoms with Crippen LogP contribution in [0.5, 0.6) is 17.2 Å². The summed E-state index contributed by atoms with van der Waals surface area (Å²) in [5, 5.41) is -0.598. The molecule has 1 saturated carbocycles. The maximum absolute atomic E-state index is 12.0. The number of ether oxygens (including phenoxy) is 2. The third-order valence-corrected chi connectivity index (χ3v) is 4.56. The molecule has 124 valence electrons. The van der Waals surface area contributed by atoms with Crippen LogP contribution in [0.2, 0.25) is 0 Å². The van der Waals surface area contributed by atoms with Crippen molar-refractivity contribution in [1.82, 2.24) is 4.98 Å². The van der Waals surface area contributed by atoms with Crippen LogP contribution in [0.4, 0.5) is 0 Å². The lowest BCUT2D eigenvalue weighted by molar-refractivity contribution is 0.106. The third kappa shape index (κ3) is 2.86. The second kappa shape index (κ2) is 5.49. The van der Waals surface area contributed by atoms with Crippen molar-refractivity contribution < 1.29 is 14.3 Å². The van der Waals surface area contributed by atoms with Gasteiger partial charge in [0, 0.05) is 6.42 Å². The largest absolute Gasteiger partial charge is 0.485 e. The Morgan fingerprint density at radius 1 is 1.38 bits per heavy atom. The van der Waals surface area contributed by atoms with Crippen molar-refractivity contribution in [2.24, 2.45) is 0 Å². The third-order valence-electron chi connectivity index (χ3n) is 4.38. The van der Waals surface area contributed by atoms with Gasteiger partial charge >= 0.3 is 0 Å². The van der Waals surface area contributed by atoms with Gasteiger partial charge in [-0.3, -0.25) is 9.78 Å². The number of hydrogen-bond donors (Lipinski definition) is 0. The van der Waals surface area contributed by atoms with Gasteiger partial charge in [-0.2, -0.15) is 0 Å². The zero-order chi connectivity index (χ0) is 16.9. The Bertz CT molecular complexity index is 827. The summed E-state index contributed by atoms with van der Waals surface area (Å²) in [5.41, 5.74) is 1.85.